The number of alkyl halides is 3. The zero-order valence-electron chi connectivity index (χ0n) is 18.5. The SMILES string of the molecule is Cc1cc(C)c2c(c1)C=C(C(=O)OCOC(=O)OCCN(C)CCO[N+](=O)[O-])C(C(F)(F)F)O2. The first-order chi connectivity index (χ1) is 15.9. The quantitative estimate of drug-likeness (QED) is 0.208. The summed E-state index contributed by atoms with van der Waals surface area (Å²) < 4.78 is 59.5. The molecule has 14 heteroatoms. The highest BCUT2D eigenvalue weighted by atomic mass is 19.4. The lowest BCUT2D eigenvalue weighted by molar-refractivity contribution is -0.757. The van der Waals surface area contributed by atoms with Crippen LogP contribution < -0.4 is 4.74 Å². The average Bonchev–Trinajstić information content (AvgIpc) is 2.71. The molecule has 0 saturated heterocycles. The Balaban J connectivity index is 1.87. The molecule has 188 valence electrons. The summed E-state index contributed by atoms with van der Waals surface area (Å²) in [5.41, 5.74) is 0.741. The Bertz CT molecular complexity index is 950. The highest BCUT2D eigenvalue weighted by molar-refractivity contribution is 5.96. The van der Waals surface area contributed by atoms with Gasteiger partial charge in [0.25, 0.3) is 5.09 Å². The highest BCUT2D eigenvalue weighted by Crippen LogP contribution is 2.39. The Morgan fingerprint density at radius 3 is 2.47 bits per heavy atom. The van der Waals surface area contributed by atoms with Gasteiger partial charge < -0.3 is 28.7 Å². The molecule has 0 aromatic heterocycles. The zero-order chi connectivity index (χ0) is 25.5. The molecule has 1 atom stereocenters. The number of hydrogen-bond acceptors (Lipinski definition) is 10. The van der Waals surface area contributed by atoms with Gasteiger partial charge in [-0.1, -0.05) is 11.6 Å². The van der Waals surface area contributed by atoms with Crippen molar-refractivity contribution in [3.05, 3.63) is 44.5 Å². The van der Waals surface area contributed by atoms with Crippen LogP contribution in [-0.4, -0.2) is 74.5 Å². The second-order valence-corrected chi connectivity index (χ2v) is 7.29. The van der Waals surface area contributed by atoms with Gasteiger partial charge in [0, 0.05) is 18.7 Å². The van der Waals surface area contributed by atoms with Crippen molar-refractivity contribution in [2.75, 3.05) is 40.1 Å². The molecule has 0 saturated carbocycles. The van der Waals surface area contributed by atoms with Gasteiger partial charge in [-0.25, -0.2) is 9.59 Å². The van der Waals surface area contributed by atoms with Gasteiger partial charge >= 0.3 is 18.3 Å². The van der Waals surface area contributed by atoms with Crippen LogP contribution in [0.3, 0.4) is 0 Å². The fourth-order valence-corrected chi connectivity index (χ4v) is 3.01. The van der Waals surface area contributed by atoms with Gasteiger partial charge in [-0.15, -0.1) is 10.1 Å². The van der Waals surface area contributed by atoms with Crippen molar-refractivity contribution in [2.45, 2.75) is 26.1 Å². The molecule has 0 amide bonds. The number of esters is 1. The molecule has 1 unspecified atom stereocenters. The van der Waals surface area contributed by atoms with E-state index in [-0.39, 0.29) is 37.6 Å². The van der Waals surface area contributed by atoms with E-state index in [9.17, 15) is 32.9 Å². The van der Waals surface area contributed by atoms with Crippen molar-refractivity contribution < 1.29 is 51.6 Å². The standard InChI is InChI=1S/C20H23F3N2O9/c1-12-8-13(2)16-14(9-12)10-15(17(34-16)20(21,22)23)18(26)31-11-32-19(27)30-6-4-24(3)5-7-33-25(28)29/h8-10,17H,4-7,11H2,1-3H3. The van der Waals surface area contributed by atoms with E-state index >= 15 is 0 Å². The largest absolute Gasteiger partial charge is 0.511 e. The van der Waals surface area contributed by atoms with Crippen LogP contribution in [0.15, 0.2) is 17.7 Å². The molecular formula is C20H23F3N2O9. The second-order valence-electron chi connectivity index (χ2n) is 7.29. The van der Waals surface area contributed by atoms with Crippen LogP contribution in [0, 0.1) is 24.0 Å². The Morgan fingerprint density at radius 1 is 1.15 bits per heavy atom. The van der Waals surface area contributed by atoms with Crippen LogP contribution in [0.4, 0.5) is 18.0 Å². The predicted octanol–water partition coefficient (Wildman–Crippen LogP) is 2.80. The molecule has 1 heterocycles. The summed E-state index contributed by atoms with van der Waals surface area (Å²) in [4.78, 5) is 39.6. The molecular weight excluding hydrogens is 469 g/mol. The summed E-state index contributed by atoms with van der Waals surface area (Å²) in [6.45, 7) is 2.40. The Hall–Kier alpha value is -3.55. The molecule has 0 aliphatic carbocycles. The van der Waals surface area contributed by atoms with E-state index in [1.807, 2.05) is 0 Å². The average molecular weight is 492 g/mol. The van der Waals surface area contributed by atoms with Gasteiger partial charge in [-0.05, 0) is 38.6 Å². The summed E-state index contributed by atoms with van der Waals surface area (Å²) in [5, 5.41) is 9.12. The first-order valence-electron chi connectivity index (χ1n) is 9.87. The lowest BCUT2D eigenvalue weighted by Gasteiger charge is -2.29. The van der Waals surface area contributed by atoms with Crippen LogP contribution >= 0.6 is 0 Å². The van der Waals surface area contributed by atoms with Gasteiger partial charge in [0.1, 0.15) is 19.0 Å². The Labute approximate surface area is 192 Å². The molecule has 0 fully saturated rings. The van der Waals surface area contributed by atoms with E-state index < -0.39 is 41.9 Å². The number of likely N-dealkylation sites (N-methyl/N-ethyl adjacent to an activating group) is 1. The van der Waals surface area contributed by atoms with Crippen LogP contribution in [0.2, 0.25) is 0 Å². The van der Waals surface area contributed by atoms with E-state index in [0.29, 0.717) is 5.56 Å². The van der Waals surface area contributed by atoms with Gasteiger partial charge in [-0.2, -0.15) is 13.2 Å². The van der Waals surface area contributed by atoms with Gasteiger partial charge in [0.2, 0.25) is 12.9 Å². The third-order valence-electron chi connectivity index (χ3n) is 4.54. The molecule has 0 N–H and O–H groups in total. The minimum absolute atomic E-state index is 0.0132. The highest BCUT2D eigenvalue weighted by Gasteiger charge is 2.49. The molecule has 0 bridgehead atoms. The summed E-state index contributed by atoms with van der Waals surface area (Å²) in [6, 6.07) is 3.22. The van der Waals surface area contributed by atoms with Crippen molar-refractivity contribution in [1.82, 2.24) is 4.90 Å². The number of fused-ring (bicyclic) bond motifs is 1. The zero-order valence-corrected chi connectivity index (χ0v) is 18.5. The number of rotatable bonds is 10. The van der Waals surface area contributed by atoms with E-state index in [1.54, 1.807) is 37.9 Å². The Morgan fingerprint density at radius 2 is 1.82 bits per heavy atom. The topological polar surface area (TPSA) is 127 Å². The van der Waals surface area contributed by atoms with Crippen LogP contribution in [0.1, 0.15) is 16.7 Å². The number of halogens is 3. The molecule has 34 heavy (non-hydrogen) atoms. The molecule has 11 nitrogen and oxygen atoms in total. The van der Waals surface area contributed by atoms with Crippen LogP contribution in [-0.2, 0) is 23.8 Å². The number of ether oxygens (including phenoxy) is 4. The maximum Gasteiger partial charge on any atom is 0.511 e. The van der Waals surface area contributed by atoms with Crippen molar-refractivity contribution in [2.24, 2.45) is 0 Å². The van der Waals surface area contributed by atoms with Crippen LogP contribution in [0.5, 0.6) is 5.75 Å². The van der Waals surface area contributed by atoms with E-state index in [4.69, 9.17) is 9.47 Å². The first kappa shape index (κ1) is 26.7. The minimum atomic E-state index is -4.89. The molecule has 1 aliphatic heterocycles. The lowest BCUT2D eigenvalue weighted by atomic mass is 9.97. The molecule has 0 radical (unpaired) electrons. The van der Waals surface area contributed by atoms with Crippen molar-refractivity contribution in [3.8, 4) is 5.75 Å². The minimum Gasteiger partial charge on any atom is -0.475 e. The maximum atomic E-state index is 13.5. The second kappa shape index (κ2) is 11.5. The fraction of sp³-hybridized carbons (Fsp3) is 0.500. The number of aryl methyl sites for hydroxylation is 2. The number of benzene rings is 1. The number of hydrogen-bond donors (Lipinski definition) is 0. The Kier molecular flexibility index (Phi) is 9.06. The third-order valence-corrected chi connectivity index (χ3v) is 4.54. The van der Waals surface area contributed by atoms with Gasteiger partial charge in [-0.3, -0.25) is 0 Å². The lowest BCUT2D eigenvalue weighted by Crippen LogP contribution is -2.41. The number of carbonyl (C=O) groups excluding carboxylic acids is 2. The first-order valence-corrected chi connectivity index (χ1v) is 9.87. The van der Waals surface area contributed by atoms with E-state index in [0.717, 1.165) is 11.6 Å². The monoisotopic (exact) mass is 492 g/mol. The third kappa shape index (κ3) is 7.79. The van der Waals surface area contributed by atoms with Crippen LogP contribution in [0.25, 0.3) is 6.08 Å². The molecule has 1 aromatic rings. The van der Waals surface area contributed by atoms with Crippen molar-refractivity contribution in [3.63, 3.8) is 0 Å². The molecule has 0 spiro atoms. The summed E-state index contributed by atoms with van der Waals surface area (Å²) in [7, 11) is 1.60. The summed E-state index contributed by atoms with van der Waals surface area (Å²) in [6.07, 6.45) is -7.62. The maximum absolute atomic E-state index is 13.5. The fourth-order valence-electron chi connectivity index (χ4n) is 3.01. The van der Waals surface area contributed by atoms with E-state index in [1.165, 1.54) is 0 Å². The number of nitrogens with zero attached hydrogens (tertiary/aromatic N) is 2. The predicted molar refractivity (Wildman–Crippen MR) is 108 cm³/mol. The van der Waals surface area contributed by atoms with Crippen molar-refractivity contribution in [1.29, 1.82) is 0 Å². The van der Waals surface area contributed by atoms with E-state index in [2.05, 4.69) is 14.3 Å². The van der Waals surface area contributed by atoms with Gasteiger partial charge in [0.15, 0.2) is 0 Å². The molecule has 2 rings (SSSR count). The summed E-state index contributed by atoms with van der Waals surface area (Å²) in [5.74, 6) is -1.36. The molecule has 1 aliphatic rings. The van der Waals surface area contributed by atoms with Crippen molar-refractivity contribution >= 4 is 18.2 Å². The summed E-state index contributed by atoms with van der Waals surface area (Å²) >= 11 is 0. The molecule has 1 aromatic carbocycles. The van der Waals surface area contributed by atoms with Gasteiger partial charge in [0.05, 0.1) is 5.57 Å². The number of carbonyl (C=O) groups is 2. The normalized spacial score (nSPS) is 15.0. The smallest absolute Gasteiger partial charge is 0.475 e.